The highest BCUT2D eigenvalue weighted by Crippen LogP contribution is 2.01. The van der Waals surface area contributed by atoms with E-state index in [0.29, 0.717) is 18.6 Å². The molecule has 3 nitrogen and oxygen atoms in total. The van der Waals surface area contributed by atoms with Crippen molar-refractivity contribution in [3.63, 3.8) is 0 Å². The van der Waals surface area contributed by atoms with Crippen molar-refractivity contribution in [2.75, 3.05) is 12.9 Å². The number of esters is 1. The Morgan fingerprint density at radius 3 is 2.10 bits per heavy atom. The summed E-state index contributed by atoms with van der Waals surface area (Å²) < 4.78 is 15.6. The number of rotatable bonds is 5. The van der Waals surface area contributed by atoms with Gasteiger partial charge in [-0.25, -0.2) is 0 Å². The van der Waals surface area contributed by atoms with Crippen molar-refractivity contribution in [3.8, 4) is 0 Å². The average molecular weight is 302 g/mol. The molecule has 0 unspecified atom stereocenters. The third-order valence-electron chi connectivity index (χ3n) is 1.95. The lowest BCUT2D eigenvalue weighted by atomic mass is 10.2. The van der Waals surface area contributed by atoms with Gasteiger partial charge in [-0.3, -0.25) is 9.59 Å². The van der Waals surface area contributed by atoms with E-state index in [1.54, 1.807) is 0 Å². The molecule has 1 aromatic carbocycles. The van der Waals surface area contributed by atoms with Crippen LogP contribution in [0, 0.1) is 0 Å². The molecule has 0 aliphatic heterocycles. The van der Waals surface area contributed by atoms with Crippen molar-refractivity contribution >= 4 is 23.9 Å². The van der Waals surface area contributed by atoms with Crippen LogP contribution in [-0.2, 0) is 20.7 Å². The molecule has 0 atom stereocenters. The molecule has 114 valence electrons. The lowest BCUT2D eigenvalue weighted by Crippen LogP contribution is -2.03. The van der Waals surface area contributed by atoms with Crippen LogP contribution in [0.25, 0.3) is 0 Å². The van der Waals surface area contributed by atoms with E-state index in [9.17, 15) is 13.5 Å². The number of benzene rings is 1. The second-order valence-electron chi connectivity index (χ2n) is 3.50. The predicted molar refractivity (Wildman–Crippen MR) is 82.4 cm³/mol. The largest absolute Gasteiger partial charge is 0.469 e. The average Bonchev–Trinajstić information content (AvgIpc) is 2.48. The van der Waals surface area contributed by atoms with Crippen molar-refractivity contribution < 1.29 is 18.2 Å². The second-order valence-corrected chi connectivity index (χ2v) is 4.13. The van der Waals surface area contributed by atoms with Gasteiger partial charge in [0.05, 0.1) is 13.5 Å². The molecule has 0 saturated carbocycles. The molecular formula is C15H23FO3S. The first-order valence-corrected chi connectivity index (χ1v) is 7.32. The van der Waals surface area contributed by atoms with Crippen molar-refractivity contribution in [1.82, 2.24) is 0 Å². The van der Waals surface area contributed by atoms with Gasteiger partial charge in [0.1, 0.15) is 5.78 Å². The van der Waals surface area contributed by atoms with Crippen molar-refractivity contribution in [1.29, 1.82) is 0 Å². The van der Waals surface area contributed by atoms with Gasteiger partial charge in [-0.05, 0) is 12.5 Å². The van der Waals surface area contributed by atoms with E-state index in [2.05, 4.69) is 4.74 Å². The van der Waals surface area contributed by atoms with Crippen LogP contribution in [0.3, 0.4) is 0 Å². The molecule has 0 fully saturated rings. The smallest absolute Gasteiger partial charge is 0.309 e. The molecule has 0 radical (unpaired) electrons. The molecule has 0 saturated heterocycles. The number of carbonyl (C=O) groups excluding carboxylic acids is 2. The highest BCUT2D eigenvalue weighted by molar-refractivity contribution is 7.94. The Hall–Kier alpha value is -1.36. The van der Waals surface area contributed by atoms with E-state index >= 15 is 0 Å². The molecular weight excluding hydrogens is 279 g/mol. The van der Waals surface area contributed by atoms with Crippen molar-refractivity contribution in [3.05, 3.63) is 35.9 Å². The normalized spacial score (nSPS) is 8.45. The molecule has 1 aromatic rings. The first-order chi connectivity index (χ1) is 9.60. The van der Waals surface area contributed by atoms with E-state index in [-0.39, 0.29) is 23.9 Å². The number of hydrogen-bond acceptors (Lipinski definition) is 4. The van der Waals surface area contributed by atoms with Gasteiger partial charge in [0.2, 0.25) is 0 Å². The van der Waals surface area contributed by atoms with Crippen molar-refractivity contribution in [2.45, 2.75) is 33.6 Å². The molecule has 0 aliphatic carbocycles. The van der Waals surface area contributed by atoms with Gasteiger partial charge >= 0.3 is 5.97 Å². The van der Waals surface area contributed by atoms with Crippen LogP contribution in [0.5, 0.6) is 0 Å². The third-order valence-corrected chi connectivity index (χ3v) is 2.31. The molecule has 0 spiro atoms. The number of ketones is 1. The Balaban J connectivity index is 0. The zero-order valence-electron chi connectivity index (χ0n) is 12.5. The molecule has 0 N–H and O–H groups in total. The minimum absolute atomic E-state index is 0.0464. The van der Waals surface area contributed by atoms with Gasteiger partial charge in [-0.1, -0.05) is 44.2 Å². The maximum Gasteiger partial charge on any atom is 0.309 e. The molecule has 0 bridgehead atoms. The third kappa shape index (κ3) is 14.7. The fraction of sp³-hybridized carbons (Fsp3) is 0.467. The fourth-order valence-electron chi connectivity index (χ4n) is 1.02. The van der Waals surface area contributed by atoms with Gasteiger partial charge in [0.15, 0.2) is 0 Å². The predicted octanol–water partition coefficient (Wildman–Crippen LogP) is 4.01. The van der Waals surface area contributed by atoms with Crippen LogP contribution in [0.15, 0.2) is 30.3 Å². The van der Waals surface area contributed by atoms with Gasteiger partial charge in [0, 0.05) is 24.3 Å². The standard InChI is InChI=1S/C9H10O2.C4H7FOS.C2H6/c1-11-9(10)7-8-5-3-2-4-6-8;1-4(6)2-3-7-5;1-2/h2-6H,7H2,1H3;2-3H2,1H3;1-2H3. The number of ether oxygens (including phenoxy) is 1. The quantitative estimate of drug-likeness (QED) is 0.771. The molecule has 0 amide bonds. The summed E-state index contributed by atoms with van der Waals surface area (Å²) >= 11 is 0.209. The SMILES string of the molecule is CC.CC(=O)CCSF.COC(=O)Cc1ccccc1. The van der Waals surface area contributed by atoms with Crippen LogP contribution in [0.1, 0.15) is 32.8 Å². The summed E-state index contributed by atoms with van der Waals surface area (Å²) in [4.78, 5) is 20.8. The van der Waals surface area contributed by atoms with E-state index in [1.807, 2.05) is 44.2 Å². The van der Waals surface area contributed by atoms with Gasteiger partial charge in [-0.2, -0.15) is 3.89 Å². The van der Waals surface area contributed by atoms with Crippen LogP contribution in [0.4, 0.5) is 3.89 Å². The molecule has 0 aliphatic rings. The number of Topliss-reactive ketones (excluding diaryl/α,β-unsaturated/α-hetero) is 1. The molecule has 5 heteroatoms. The number of carbonyl (C=O) groups is 2. The number of hydrogen-bond donors (Lipinski definition) is 0. The Labute approximate surface area is 125 Å². The lowest BCUT2D eigenvalue weighted by molar-refractivity contribution is -0.139. The van der Waals surface area contributed by atoms with Crippen LogP contribution < -0.4 is 0 Å². The zero-order valence-corrected chi connectivity index (χ0v) is 13.3. The number of methoxy groups -OCH3 is 1. The van der Waals surface area contributed by atoms with Gasteiger partial charge in [0.25, 0.3) is 0 Å². The molecule has 0 heterocycles. The molecule has 1 rings (SSSR count). The maximum absolute atomic E-state index is 11.1. The van der Waals surface area contributed by atoms with Gasteiger partial charge in [-0.15, -0.1) is 0 Å². The summed E-state index contributed by atoms with van der Waals surface area (Å²) in [6, 6.07) is 9.52. The number of halogens is 1. The fourth-order valence-corrected chi connectivity index (χ4v) is 1.38. The van der Waals surface area contributed by atoms with E-state index in [1.165, 1.54) is 14.0 Å². The van der Waals surface area contributed by atoms with Crippen LogP contribution in [-0.4, -0.2) is 24.6 Å². The van der Waals surface area contributed by atoms with Crippen LogP contribution in [0.2, 0.25) is 0 Å². The lowest BCUT2D eigenvalue weighted by Gasteiger charge is -1.97. The van der Waals surface area contributed by atoms with Crippen LogP contribution >= 0.6 is 12.1 Å². The Bertz CT molecular complexity index is 355. The monoisotopic (exact) mass is 302 g/mol. The van der Waals surface area contributed by atoms with E-state index in [4.69, 9.17) is 0 Å². The summed E-state index contributed by atoms with van der Waals surface area (Å²) in [5.74, 6) is 0.149. The van der Waals surface area contributed by atoms with E-state index in [0.717, 1.165) is 5.56 Å². The first kappa shape index (κ1) is 20.9. The maximum atomic E-state index is 11.1. The summed E-state index contributed by atoms with van der Waals surface area (Å²) in [5.41, 5.74) is 0.986. The highest BCUT2D eigenvalue weighted by Gasteiger charge is 1.99. The molecule has 0 aromatic heterocycles. The summed E-state index contributed by atoms with van der Waals surface area (Å²) in [6.07, 6.45) is 0.707. The Kier molecular flexibility index (Phi) is 16.4. The highest BCUT2D eigenvalue weighted by atomic mass is 32.2. The topological polar surface area (TPSA) is 43.4 Å². The minimum Gasteiger partial charge on any atom is -0.469 e. The summed E-state index contributed by atoms with van der Waals surface area (Å²) in [5, 5.41) is 0. The van der Waals surface area contributed by atoms with Crippen molar-refractivity contribution in [2.24, 2.45) is 0 Å². The second kappa shape index (κ2) is 15.7. The summed E-state index contributed by atoms with van der Waals surface area (Å²) in [7, 11) is 1.39. The summed E-state index contributed by atoms with van der Waals surface area (Å²) in [6.45, 7) is 5.45. The minimum atomic E-state index is -0.198. The Morgan fingerprint density at radius 2 is 1.75 bits per heavy atom. The Morgan fingerprint density at radius 1 is 1.20 bits per heavy atom. The first-order valence-electron chi connectivity index (χ1n) is 6.43. The van der Waals surface area contributed by atoms with E-state index < -0.39 is 0 Å². The zero-order chi connectivity index (χ0) is 15.8. The van der Waals surface area contributed by atoms with Gasteiger partial charge < -0.3 is 4.74 Å². The molecule has 20 heavy (non-hydrogen) atoms.